The Balaban J connectivity index is 1.63. The maximum atomic E-state index is 12.9. The van der Waals surface area contributed by atoms with E-state index in [0.717, 1.165) is 0 Å². The molecular formula is C24H19NO6. The molecule has 1 aliphatic rings. The summed E-state index contributed by atoms with van der Waals surface area (Å²) in [6.45, 7) is 1.76. The standard InChI is InChI=1S/C24H19NO6/c1-14-10-18(30-24(27)15-6-8-25-9-7-15)13-20-22(14)23(26)21(31-20)11-16-4-5-17(28-2)12-19(16)29-3/h4-13H,1-3H3/b21-11-. The van der Waals surface area contributed by atoms with Gasteiger partial charge in [-0.15, -0.1) is 0 Å². The molecule has 2 heterocycles. The molecule has 0 radical (unpaired) electrons. The van der Waals surface area contributed by atoms with Crippen molar-refractivity contribution >= 4 is 17.8 Å². The predicted molar refractivity (Wildman–Crippen MR) is 113 cm³/mol. The Kier molecular flexibility index (Phi) is 5.41. The van der Waals surface area contributed by atoms with Crippen LogP contribution in [0, 0.1) is 6.92 Å². The minimum absolute atomic E-state index is 0.152. The van der Waals surface area contributed by atoms with Gasteiger partial charge in [0.05, 0.1) is 25.3 Å². The van der Waals surface area contributed by atoms with E-state index in [4.69, 9.17) is 18.9 Å². The molecule has 0 atom stereocenters. The molecule has 31 heavy (non-hydrogen) atoms. The van der Waals surface area contributed by atoms with Crippen LogP contribution < -0.4 is 18.9 Å². The Bertz CT molecular complexity index is 1200. The molecule has 0 saturated heterocycles. The minimum Gasteiger partial charge on any atom is -0.497 e. The summed E-state index contributed by atoms with van der Waals surface area (Å²) in [6, 6.07) is 11.6. The highest BCUT2D eigenvalue weighted by Gasteiger charge is 2.30. The minimum atomic E-state index is -0.523. The first-order chi connectivity index (χ1) is 15.0. The van der Waals surface area contributed by atoms with E-state index in [1.807, 2.05) is 0 Å². The van der Waals surface area contributed by atoms with Crippen LogP contribution in [0.2, 0.25) is 0 Å². The summed E-state index contributed by atoms with van der Waals surface area (Å²) in [5.41, 5.74) is 2.12. The molecule has 0 unspecified atom stereocenters. The monoisotopic (exact) mass is 417 g/mol. The fourth-order valence-corrected chi connectivity index (χ4v) is 3.27. The highest BCUT2D eigenvalue weighted by atomic mass is 16.5. The quantitative estimate of drug-likeness (QED) is 0.349. The Hall–Kier alpha value is -4.13. The van der Waals surface area contributed by atoms with Gasteiger partial charge in [0.15, 0.2) is 5.76 Å². The Morgan fingerprint density at radius 3 is 2.48 bits per heavy atom. The number of benzene rings is 2. The fourth-order valence-electron chi connectivity index (χ4n) is 3.27. The summed E-state index contributed by atoms with van der Waals surface area (Å²) in [4.78, 5) is 29.1. The van der Waals surface area contributed by atoms with Gasteiger partial charge in [-0.05, 0) is 48.9 Å². The van der Waals surface area contributed by atoms with Gasteiger partial charge >= 0.3 is 5.97 Å². The summed E-state index contributed by atoms with van der Waals surface area (Å²) < 4.78 is 21.8. The van der Waals surface area contributed by atoms with Crippen LogP contribution >= 0.6 is 0 Å². The van der Waals surface area contributed by atoms with Crippen molar-refractivity contribution in [3.8, 4) is 23.0 Å². The zero-order chi connectivity index (χ0) is 22.0. The number of aromatic nitrogens is 1. The van der Waals surface area contributed by atoms with Crippen LogP contribution in [0.1, 0.15) is 31.8 Å². The normalized spacial score (nSPS) is 13.5. The molecule has 2 aromatic carbocycles. The Labute approximate surface area is 178 Å². The molecule has 3 aromatic rings. The number of pyridine rings is 1. The van der Waals surface area contributed by atoms with E-state index in [0.29, 0.717) is 39.5 Å². The third-order valence-electron chi connectivity index (χ3n) is 4.80. The number of Topliss-reactive ketones (excluding diaryl/α,β-unsaturated/α-hetero) is 1. The Morgan fingerprint density at radius 2 is 1.77 bits per heavy atom. The van der Waals surface area contributed by atoms with Crippen molar-refractivity contribution in [1.29, 1.82) is 0 Å². The van der Waals surface area contributed by atoms with Gasteiger partial charge in [-0.25, -0.2) is 4.79 Å². The molecular weight excluding hydrogens is 398 g/mol. The number of esters is 1. The number of carbonyl (C=O) groups excluding carboxylic acids is 2. The third-order valence-corrected chi connectivity index (χ3v) is 4.80. The number of ketones is 1. The number of ether oxygens (including phenoxy) is 4. The molecule has 4 rings (SSSR count). The van der Waals surface area contributed by atoms with Gasteiger partial charge in [-0.2, -0.15) is 0 Å². The van der Waals surface area contributed by atoms with E-state index in [2.05, 4.69) is 4.98 Å². The molecule has 1 aliphatic heterocycles. The summed E-state index contributed by atoms with van der Waals surface area (Å²) in [5, 5.41) is 0. The maximum Gasteiger partial charge on any atom is 0.343 e. The van der Waals surface area contributed by atoms with Crippen LogP contribution in [0.3, 0.4) is 0 Å². The third kappa shape index (κ3) is 3.98. The lowest BCUT2D eigenvalue weighted by atomic mass is 10.0. The number of carbonyl (C=O) groups is 2. The number of hydrogen-bond acceptors (Lipinski definition) is 7. The van der Waals surface area contributed by atoms with Crippen LogP contribution in [-0.4, -0.2) is 31.0 Å². The molecule has 0 bridgehead atoms. The fraction of sp³-hybridized carbons (Fsp3) is 0.125. The first kappa shape index (κ1) is 20.2. The average Bonchev–Trinajstić information content (AvgIpc) is 3.10. The van der Waals surface area contributed by atoms with Crippen LogP contribution in [0.5, 0.6) is 23.0 Å². The van der Waals surface area contributed by atoms with Crippen LogP contribution in [0.25, 0.3) is 6.08 Å². The van der Waals surface area contributed by atoms with Gasteiger partial charge in [-0.3, -0.25) is 9.78 Å². The highest BCUT2D eigenvalue weighted by Crippen LogP contribution is 2.38. The zero-order valence-electron chi connectivity index (χ0n) is 17.2. The Morgan fingerprint density at radius 1 is 1.00 bits per heavy atom. The lowest BCUT2D eigenvalue weighted by molar-refractivity contribution is 0.0734. The number of hydrogen-bond donors (Lipinski definition) is 0. The topological polar surface area (TPSA) is 84.0 Å². The van der Waals surface area contributed by atoms with Gasteiger partial charge < -0.3 is 18.9 Å². The molecule has 0 amide bonds. The number of methoxy groups -OCH3 is 2. The zero-order valence-corrected chi connectivity index (χ0v) is 17.2. The van der Waals surface area contributed by atoms with Gasteiger partial charge in [0.25, 0.3) is 0 Å². The summed E-state index contributed by atoms with van der Waals surface area (Å²) in [5.74, 6) is 1.18. The predicted octanol–water partition coefficient (Wildman–Crippen LogP) is 4.24. The van der Waals surface area contributed by atoms with E-state index in [1.54, 1.807) is 56.5 Å². The second-order valence-electron chi connectivity index (χ2n) is 6.79. The summed E-state index contributed by atoms with van der Waals surface area (Å²) in [6.07, 6.45) is 4.64. The SMILES string of the molecule is COc1ccc(/C=C2\Oc3cc(OC(=O)c4ccncc4)cc(C)c3C2=O)c(OC)c1. The van der Waals surface area contributed by atoms with Crippen LogP contribution in [0.4, 0.5) is 0 Å². The molecule has 7 nitrogen and oxygen atoms in total. The number of rotatable bonds is 5. The van der Waals surface area contributed by atoms with E-state index < -0.39 is 5.97 Å². The van der Waals surface area contributed by atoms with E-state index >= 15 is 0 Å². The molecule has 0 saturated carbocycles. The second-order valence-corrected chi connectivity index (χ2v) is 6.79. The van der Waals surface area contributed by atoms with Crippen molar-refractivity contribution < 1.29 is 28.5 Å². The van der Waals surface area contributed by atoms with Gasteiger partial charge in [-0.1, -0.05) is 0 Å². The first-order valence-corrected chi connectivity index (χ1v) is 9.43. The maximum absolute atomic E-state index is 12.9. The van der Waals surface area contributed by atoms with Crippen LogP contribution in [-0.2, 0) is 0 Å². The van der Waals surface area contributed by atoms with Crippen molar-refractivity contribution in [3.05, 3.63) is 82.9 Å². The number of fused-ring (bicyclic) bond motifs is 1. The highest BCUT2D eigenvalue weighted by molar-refractivity contribution is 6.15. The van der Waals surface area contributed by atoms with Gasteiger partial charge in [0, 0.05) is 30.1 Å². The molecule has 7 heteroatoms. The van der Waals surface area contributed by atoms with Crippen molar-refractivity contribution in [2.24, 2.45) is 0 Å². The van der Waals surface area contributed by atoms with E-state index in [1.165, 1.54) is 25.6 Å². The van der Waals surface area contributed by atoms with Crippen molar-refractivity contribution in [2.45, 2.75) is 6.92 Å². The lowest BCUT2D eigenvalue weighted by Gasteiger charge is -2.08. The van der Waals surface area contributed by atoms with Gasteiger partial charge in [0.2, 0.25) is 5.78 Å². The largest absolute Gasteiger partial charge is 0.497 e. The summed E-state index contributed by atoms with van der Waals surface area (Å²) >= 11 is 0. The molecule has 0 aliphatic carbocycles. The van der Waals surface area contributed by atoms with Crippen molar-refractivity contribution in [3.63, 3.8) is 0 Å². The molecule has 0 N–H and O–H groups in total. The molecule has 0 spiro atoms. The number of aryl methyl sites for hydroxylation is 1. The average molecular weight is 417 g/mol. The van der Waals surface area contributed by atoms with E-state index in [-0.39, 0.29) is 17.3 Å². The molecule has 156 valence electrons. The second kappa shape index (κ2) is 8.31. The van der Waals surface area contributed by atoms with Crippen molar-refractivity contribution in [1.82, 2.24) is 4.98 Å². The first-order valence-electron chi connectivity index (χ1n) is 9.43. The molecule has 0 fully saturated rings. The van der Waals surface area contributed by atoms with Crippen molar-refractivity contribution in [2.75, 3.05) is 14.2 Å². The van der Waals surface area contributed by atoms with E-state index in [9.17, 15) is 9.59 Å². The number of nitrogens with zero attached hydrogens (tertiary/aromatic N) is 1. The molecule has 1 aromatic heterocycles. The van der Waals surface area contributed by atoms with Crippen LogP contribution in [0.15, 0.2) is 60.6 Å². The van der Waals surface area contributed by atoms with Gasteiger partial charge in [0.1, 0.15) is 23.0 Å². The summed E-state index contributed by atoms with van der Waals surface area (Å²) in [7, 11) is 3.10. The smallest absolute Gasteiger partial charge is 0.343 e. The lowest BCUT2D eigenvalue weighted by Crippen LogP contribution is -2.08. The number of allylic oxidation sites excluding steroid dienone is 1.